The van der Waals surface area contributed by atoms with E-state index in [0.29, 0.717) is 5.76 Å². The Kier molecular flexibility index (Phi) is 4.54. The highest BCUT2D eigenvalue weighted by molar-refractivity contribution is 7.10. The van der Waals surface area contributed by atoms with Gasteiger partial charge in [0.1, 0.15) is 17.6 Å². The Hall–Kier alpha value is -1.85. The monoisotopic (exact) mass is 277 g/mol. The molecule has 0 radical (unpaired) electrons. The molecule has 1 atom stereocenters. The first-order chi connectivity index (χ1) is 9.15. The van der Waals surface area contributed by atoms with Crippen molar-refractivity contribution in [2.24, 2.45) is 0 Å². The first-order valence-corrected chi connectivity index (χ1v) is 6.77. The quantitative estimate of drug-likeness (QED) is 0.825. The van der Waals surface area contributed by atoms with Crippen molar-refractivity contribution in [2.45, 2.75) is 13.0 Å². The molecule has 2 heterocycles. The molecule has 0 aliphatic rings. The maximum Gasteiger partial charge on any atom is 0.244 e. The standard InChI is InChI=1S/C14H15NO3S/c1-10-4-6-13(18-10)12(16)9-15-14(17)7-5-11-3-2-8-19-11/h2-8,12,16H,9H2,1H3,(H,15,17)/b7-5+/t12-/m1/s1. The number of aryl methyl sites for hydroxylation is 1. The van der Waals surface area contributed by atoms with Crippen molar-refractivity contribution in [3.63, 3.8) is 0 Å². The van der Waals surface area contributed by atoms with Crippen LogP contribution >= 0.6 is 11.3 Å². The molecule has 0 aromatic carbocycles. The van der Waals surface area contributed by atoms with Crippen LogP contribution in [0.4, 0.5) is 0 Å². The minimum Gasteiger partial charge on any atom is -0.464 e. The van der Waals surface area contributed by atoms with Crippen molar-refractivity contribution >= 4 is 23.3 Å². The Morgan fingerprint density at radius 2 is 2.37 bits per heavy atom. The number of hydrogen-bond acceptors (Lipinski definition) is 4. The molecule has 0 aliphatic heterocycles. The van der Waals surface area contributed by atoms with Gasteiger partial charge in [0.15, 0.2) is 0 Å². The molecule has 0 fully saturated rings. The molecule has 5 heteroatoms. The lowest BCUT2D eigenvalue weighted by Gasteiger charge is -2.07. The van der Waals surface area contributed by atoms with E-state index in [9.17, 15) is 9.90 Å². The third-order valence-corrected chi connectivity index (χ3v) is 3.34. The molecule has 1 amide bonds. The topological polar surface area (TPSA) is 62.5 Å². The van der Waals surface area contributed by atoms with E-state index in [2.05, 4.69) is 5.32 Å². The Morgan fingerprint density at radius 1 is 1.53 bits per heavy atom. The van der Waals surface area contributed by atoms with Gasteiger partial charge in [-0.3, -0.25) is 4.79 Å². The Balaban J connectivity index is 1.80. The molecule has 2 rings (SSSR count). The van der Waals surface area contributed by atoms with E-state index in [-0.39, 0.29) is 12.5 Å². The average molecular weight is 277 g/mol. The summed E-state index contributed by atoms with van der Waals surface area (Å²) in [6, 6.07) is 7.32. The van der Waals surface area contributed by atoms with Gasteiger partial charge >= 0.3 is 0 Å². The zero-order chi connectivity index (χ0) is 13.7. The molecular weight excluding hydrogens is 262 g/mol. The molecule has 0 saturated heterocycles. The molecule has 2 N–H and O–H groups in total. The van der Waals surface area contributed by atoms with Crippen LogP contribution in [-0.2, 0) is 4.79 Å². The van der Waals surface area contributed by atoms with E-state index < -0.39 is 6.10 Å². The van der Waals surface area contributed by atoms with Crippen LogP contribution in [0.3, 0.4) is 0 Å². The molecule has 0 saturated carbocycles. The van der Waals surface area contributed by atoms with Crippen LogP contribution in [0.2, 0.25) is 0 Å². The Morgan fingerprint density at radius 3 is 3.00 bits per heavy atom. The highest BCUT2D eigenvalue weighted by atomic mass is 32.1. The van der Waals surface area contributed by atoms with E-state index >= 15 is 0 Å². The summed E-state index contributed by atoms with van der Waals surface area (Å²) < 4.78 is 5.28. The maximum absolute atomic E-state index is 11.5. The van der Waals surface area contributed by atoms with Crippen LogP contribution in [0.1, 0.15) is 22.5 Å². The van der Waals surface area contributed by atoms with Crippen molar-refractivity contribution in [2.75, 3.05) is 6.54 Å². The molecule has 19 heavy (non-hydrogen) atoms. The van der Waals surface area contributed by atoms with Gasteiger partial charge in [0.2, 0.25) is 5.91 Å². The first kappa shape index (κ1) is 13.6. The Labute approximate surface area is 115 Å². The number of amides is 1. The fourth-order valence-corrected chi connectivity index (χ4v) is 2.15. The summed E-state index contributed by atoms with van der Waals surface area (Å²) in [7, 11) is 0. The minimum absolute atomic E-state index is 0.126. The van der Waals surface area contributed by atoms with Gasteiger partial charge in [0.05, 0.1) is 6.54 Å². The fraction of sp³-hybridized carbons (Fsp3) is 0.214. The highest BCUT2D eigenvalue weighted by Crippen LogP contribution is 2.15. The molecule has 4 nitrogen and oxygen atoms in total. The van der Waals surface area contributed by atoms with Crippen molar-refractivity contribution in [1.29, 1.82) is 0 Å². The summed E-state index contributed by atoms with van der Waals surface area (Å²) in [5.74, 6) is 0.953. The molecular formula is C14H15NO3S. The lowest BCUT2D eigenvalue weighted by Crippen LogP contribution is -2.26. The largest absolute Gasteiger partial charge is 0.464 e. The van der Waals surface area contributed by atoms with Crippen LogP contribution in [0.5, 0.6) is 0 Å². The second kappa shape index (κ2) is 6.36. The maximum atomic E-state index is 11.5. The molecule has 2 aromatic rings. The van der Waals surface area contributed by atoms with E-state index in [1.54, 1.807) is 36.5 Å². The second-order valence-corrected chi connectivity index (χ2v) is 5.04. The van der Waals surface area contributed by atoms with Crippen molar-refractivity contribution < 1.29 is 14.3 Å². The molecule has 0 aliphatic carbocycles. The summed E-state index contributed by atoms with van der Waals surface area (Å²) in [4.78, 5) is 12.6. The van der Waals surface area contributed by atoms with Gasteiger partial charge in [-0.25, -0.2) is 0 Å². The molecule has 100 valence electrons. The number of carbonyl (C=O) groups excluding carboxylic acids is 1. The smallest absolute Gasteiger partial charge is 0.244 e. The fourth-order valence-electron chi connectivity index (χ4n) is 1.53. The van der Waals surface area contributed by atoms with Crippen LogP contribution in [0, 0.1) is 6.92 Å². The number of carbonyl (C=O) groups is 1. The summed E-state index contributed by atoms with van der Waals surface area (Å²) in [5, 5.41) is 14.4. The van der Waals surface area contributed by atoms with Crippen LogP contribution in [0.15, 0.2) is 40.1 Å². The van der Waals surface area contributed by atoms with E-state index in [4.69, 9.17) is 4.42 Å². The number of hydrogen-bond donors (Lipinski definition) is 2. The lowest BCUT2D eigenvalue weighted by atomic mass is 10.2. The average Bonchev–Trinajstić information content (AvgIpc) is 3.04. The van der Waals surface area contributed by atoms with Gasteiger partial charge in [-0.2, -0.15) is 0 Å². The predicted molar refractivity (Wildman–Crippen MR) is 74.8 cm³/mol. The number of aliphatic hydroxyl groups excluding tert-OH is 1. The van der Waals surface area contributed by atoms with Crippen LogP contribution < -0.4 is 5.32 Å². The lowest BCUT2D eigenvalue weighted by molar-refractivity contribution is -0.116. The first-order valence-electron chi connectivity index (χ1n) is 5.89. The zero-order valence-corrected chi connectivity index (χ0v) is 11.3. The second-order valence-electron chi connectivity index (χ2n) is 4.06. The third-order valence-electron chi connectivity index (χ3n) is 2.50. The van der Waals surface area contributed by atoms with Gasteiger partial charge in [-0.1, -0.05) is 6.07 Å². The molecule has 2 aromatic heterocycles. The van der Waals surface area contributed by atoms with Crippen molar-refractivity contribution in [3.8, 4) is 0 Å². The third kappa shape index (κ3) is 4.08. The van der Waals surface area contributed by atoms with E-state index in [1.165, 1.54) is 6.08 Å². The molecule has 0 unspecified atom stereocenters. The van der Waals surface area contributed by atoms with Gasteiger partial charge in [0, 0.05) is 11.0 Å². The summed E-state index contributed by atoms with van der Waals surface area (Å²) in [5.41, 5.74) is 0. The van der Waals surface area contributed by atoms with E-state index in [1.807, 2.05) is 17.5 Å². The summed E-state index contributed by atoms with van der Waals surface area (Å²) >= 11 is 1.56. The molecule has 0 bridgehead atoms. The predicted octanol–water partition coefficient (Wildman–Crippen LogP) is 2.51. The van der Waals surface area contributed by atoms with Crippen molar-refractivity contribution in [1.82, 2.24) is 5.32 Å². The van der Waals surface area contributed by atoms with Gasteiger partial charge in [-0.05, 0) is 36.6 Å². The highest BCUT2D eigenvalue weighted by Gasteiger charge is 2.11. The normalized spacial score (nSPS) is 12.7. The minimum atomic E-state index is -0.826. The number of rotatable bonds is 5. The van der Waals surface area contributed by atoms with Crippen molar-refractivity contribution in [3.05, 3.63) is 52.1 Å². The number of furan rings is 1. The van der Waals surface area contributed by atoms with E-state index in [0.717, 1.165) is 10.6 Å². The summed E-state index contributed by atoms with van der Waals surface area (Å²) in [6.45, 7) is 1.93. The van der Waals surface area contributed by atoms with Crippen LogP contribution in [0.25, 0.3) is 6.08 Å². The number of nitrogens with one attached hydrogen (secondary N) is 1. The van der Waals surface area contributed by atoms with Gasteiger partial charge in [-0.15, -0.1) is 11.3 Å². The van der Waals surface area contributed by atoms with Crippen LogP contribution in [-0.4, -0.2) is 17.6 Å². The molecule has 0 spiro atoms. The summed E-state index contributed by atoms with van der Waals surface area (Å²) in [6.07, 6.45) is 2.36. The number of aliphatic hydroxyl groups is 1. The number of thiophene rings is 1. The van der Waals surface area contributed by atoms with Gasteiger partial charge < -0.3 is 14.8 Å². The Bertz CT molecular complexity index is 557. The van der Waals surface area contributed by atoms with Gasteiger partial charge in [0.25, 0.3) is 0 Å². The SMILES string of the molecule is Cc1ccc([C@H](O)CNC(=O)/C=C/c2cccs2)o1. The zero-order valence-electron chi connectivity index (χ0n) is 10.5.